The first-order valence-electron chi connectivity index (χ1n) is 6.03. The number of hydrogen-bond acceptors (Lipinski definition) is 4. The summed E-state index contributed by atoms with van der Waals surface area (Å²) >= 11 is 0. The zero-order chi connectivity index (χ0) is 14.2. The van der Waals surface area contributed by atoms with Crippen molar-refractivity contribution in [2.75, 3.05) is 13.1 Å². The van der Waals surface area contributed by atoms with Gasteiger partial charge in [0.1, 0.15) is 5.60 Å². The number of likely N-dealkylation sites (tertiary alicyclic amines) is 1. The Morgan fingerprint density at radius 2 is 2.11 bits per heavy atom. The van der Waals surface area contributed by atoms with Crippen molar-refractivity contribution >= 4 is 12.1 Å². The molecule has 0 aliphatic carbocycles. The second-order valence-electron chi connectivity index (χ2n) is 5.60. The number of H-pyrrole nitrogens is 1. The Morgan fingerprint density at radius 1 is 1.47 bits per heavy atom. The quantitative estimate of drug-likeness (QED) is 0.845. The van der Waals surface area contributed by atoms with Crippen LogP contribution in [0.1, 0.15) is 42.9 Å². The summed E-state index contributed by atoms with van der Waals surface area (Å²) in [6.45, 7) is 6.47. The van der Waals surface area contributed by atoms with E-state index in [2.05, 4.69) is 10.2 Å². The molecule has 0 aromatic carbocycles. The first kappa shape index (κ1) is 13.4. The number of aromatic carboxylic acids is 1. The predicted molar refractivity (Wildman–Crippen MR) is 66.1 cm³/mol. The topological polar surface area (TPSA) is 95.5 Å². The molecule has 0 saturated carbocycles. The van der Waals surface area contributed by atoms with Crippen LogP contribution in [0.5, 0.6) is 0 Å². The molecule has 0 atom stereocenters. The minimum Gasteiger partial charge on any atom is -0.476 e. The van der Waals surface area contributed by atoms with Crippen LogP contribution in [-0.4, -0.2) is 51.0 Å². The number of carboxylic acid groups (broad SMARTS) is 1. The molecule has 19 heavy (non-hydrogen) atoms. The number of nitrogens with one attached hydrogen (secondary N) is 1. The number of aromatic nitrogens is 2. The van der Waals surface area contributed by atoms with Crippen molar-refractivity contribution in [3.05, 3.63) is 17.5 Å². The van der Waals surface area contributed by atoms with Gasteiger partial charge in [0.15, 0.2) is 5.69 Å². The summed E-state index contributed by atoms with van der Waals surface area (Å²) in [4.78, 5) is 24.0. The lowest BCUT2D eigenvalue weighted by Gasteiger charge is -2.39. The highest BCUT2D eigenvalue weighted by molar-refractivity contribution is 5.85. The highest BCUT2D eigenvalue weighted by Gasteiger charge is 2.35. The molecule has 0 bridgehead atoms. The van der Waals surface area contributed by atoms with E-state index in [4.69, 9.17) is 9.84 Å². The molecule has 104 valence electrons. The van der Waals surface area contributed by atoms with Gasteiger partial charge >= 0.3 is 12.1 Å². The van der Waals surface area contributed by atoms with Crippen LogP contribution in [0.15, 0.2) is 6.07 Å². The molecule has 7 nitrogen and oxygen atoms in total. The fraction of sp³-hybridized carbons (Fsp3) is 0.583. The summed E-state index contributed by atoms with van der Waals surface area (Å²) in [5, 5.41) is 15.1. The summed E-state index contributed by atoms with van der Waals surface area (Å²) in [7, 11) is 0. The van der Waals surface area contributed by atoms with E-state index in [1.165, 1.54) is 6.07 Å². The van der Waals surface area contributed by atoms with Gasteiger partial charge in [0.05, 0.1) is 0 Å². The highest BCUT2D eigenvalue weighted by Crippen LogP contribution is 2.27. The Bertz CT molecular complexity index is 497. The Hall–Kier alpha value is -2.05. The number of carboxylic acids is 1. The molecule has 1 aliphatic heterocycles. The van der Waals surface area contributed by atoms with Crippen LogP contribution in [-0.2, 0) is 4.74 Å². The van der Waals surface area contributed by atoms with E-state index >= 15 is 0 Å². The molecule has 1 amide bonds. The third kappa shape index (κ3) is 3.04. The first-order chi connectivity index (χ1) is 8.76. The zero-order valence-corrected chi connectivity index (χ0v) is 11.1. The lowest BCUT2D eigenvalue weighted by atomic mass is 9.97. The number of amides is 1. The van der Waals surface area contributed by atoms with Crippen LogP contribution >= 0.6 is 0 Å². The van der Waals surface area contributed by atoms with Crippen LogP contribution < -0.4 is 0 Å². The number of nitrogens with zero attached hydrogens (tertiary/aromatic N) is 2. The van der Waals surface area contributed by atoms with Crippen LogP contribution in [0.2, 0.25) is 0 Å². The minimum absolute atomic E-state index is 0.00859. The van der Waals surface area contributed by atoms with Crippen molar-refractivity contribution in [1.29, 1.82) is 0 Å². The second kappa shape index (κ2) is 4.56. The van der Waals surface area contributed by atoms with Crippen molar-refractivity contribution in [1.82, 2.24) is 15.1 Å². The molecular formula is C12H17N3O4. The van der Waals surface area contributed by atoms with Gasteiger partial charge in [0, 0.05) is 24.7 Å². The molecule has 2 rings (SSSR count). The fourth-order valence-electron chi connectivity index (χ4n) is 1.81. The summed E-state index contributed by atoms with van der Waals surface area (Å²) in [5.74, 6) is -0.973. The maximum atomic E-state index is 11.7. The summed E-state index contributed by atoms with van der Waals surface area (Å²) < 4.78 is 5.24. The van der Waals surface area contributed by atoms with Crippen molar-refractivity contribution < 1.29 is 19.4 Å². The van der Waals surface area contributed by atoms with Crippen molar-refractivity contribution in [3.8, 4) is 0 Å². The average molecular weight is 267 g/mol. The number of ether oxygens (including phenoxy) is 1. The number of aromatic amines is 1. The number of carbonyl (C=O) groups excluding carboxylic acids is 1. The molecule has 0 radical (unpaired) electrons. The fourth-order valence-corrected chi connectivity index (χ4v) is 1.81. The molecule has 1 fully saturated rings. The Balaban J connectivity index is 1.89. The van der Waals surface area contributed by atoms with Gasteiger partial charge in [-0.1, -0.05) is 0 Å². The average Bonchev–Trinajstić information content (AvgIpc) is 2.61. The molecule has 2 N–H and O–H groups in total. The van der Waals surface area contributed by atoms with E-state index in [-0.39, 0.29) is 17.7 Å². The van der Waals surface area contributed by atoms with Gasteiger partial charge in [0.2, 0.25) is 0 Å². The molecule has 0 spiro atoms. The third-order valence-electron chi connectivity index (χ3n) is 2.79. The van der Waals surface area contributed by atoms with E-state index in [9.17, 15) is 9.59 Å². The Morgan fingerprint density at radius 3 is 2.58 bits per heavy atom. The maximum absolute atomic E-state index is 11.7. The van der Waals surface area contributed by atoms with Gasteiger partial charge in [-0.15, -0.1) is 0 Å². The first-order valence-corrected chi connectivity index (χ1v) is 6.03. The molecule has 1 saturated heterocycles. The van der Waals surface area contributed by atoms with Gasteiger partial charge in [-0.2, -0.15) is 5.10 Å². The highest BCUT2D eigenvalue weighted by atomic mass is 16.6. The van der Waals surface area contributed by atoms with Crippen LogP contribution in [0, 0.1) is 0 Å². The summed E-state index contributed by atoms with van der Waals surface area (Å²) in [6, 6.07) is 1.50. The van der Waals surface area contributed by atoms with Crippen molar-refractivity contribution in [3.63, 3.8) is 0 Å². The van der Waals surface area contributed by atoms with Crippen molar-refractivity contribution in [2.45, 2.75) is 32.3 Å². The lowest BCUT2D eigenvalue weighted by molar-refractivity contribution is 0.00784. The summed E-state index contributed by atoms with van der Waals surface area (Å²) in [6.07, 6.45) is -0.346. The zero-order valence-electron chi connectivity index (χ0n) is 11.1. The van der Waals surface area contributed by atoms with E-state index in [0.29, 0.717) is 13.1 Å². The van der Waals surface area contributed by atoms with Gasteiger partial charge in [-0.25, -0.2) is 9.59 Å². The third-order valence-corrected chi connectivity index (χ3v) is 2.79. The van der Waals surface area contributed by atoms with Crippen LogP contribution in [0.3, 0.4) is 0 Å². The molecule has 7 heteroatoms. The van der Waals surface area contributed by atoms with E-state index < -0.39 is 11.6 Å². The SMILES string of the molecule is CC(C)(C)OC(=O)N1CC(c2cc(C(=O)O)n[nH]2)C1. The van der Waals surface area contributed by atoms with Gasteiger partial charge in [-0.3, -0.25) is 5.10 Å². The predicted octanol–water partition coefficient (Wildman–Crippen LogP) is 1.44. The normalized spacial score (nSPS) is 16.1. The molecule has 2 heterocycles. The van der Waals surface area contributed by atoms with E-state index in [1.54, 1.807) is 4.90 Å². The summed E-state index contributed by atoms with van der Waals surface area (Å²) in [5.41, 5.74) is 0.218. The molecule has 1 aromatic rings. The monoisotopic (exact) mass is 267 g/mol. The van der Waals surface area contributed by atoms with Crippen molar-refractivity contribution in [2.24, 2.45) is 0 Å². The van der Waals surface area contributed by atoms with Gasteiger partial charge < -0.3 is 14.7 Å². The van der Waals surface area contributed by atoms with Crippen LogP contribution in [0.4, 0.5) is 4.79 Å². The molecule has 1 aromatic heterocycles. The molecule has 1 aliphatic rings. The number of carbonyl (C=O) groups is 2. The van der Waals surface area contributed by atoms with Crippen LogP contribution in [0.25, 0.3) is 0 Å². The van der Waals surface area contributed by atoms with E-state index in [0.717, 1.165) is 5.69 Å². The largest absolute Gasteiger partial charge is 0.476 e. The standard InChI is InChI=1S/C12H17N3O4/c1-12(2,3)19-11(18)15-5-7(6-15)8-4-9(10(16)17)14-13-8/h4,7H,5-6H2,1-3H3,(H,13,14)(H,16,17). The number of rotatable bonds is 2. The second-order valence-corrected chi connectivity index (χ2v) is 5.60. The van der Waals surface area contributed by atoms with E-state index in [1.807, 2.05) is 20.8 Å². The smallest absolute Gasteiger partial charge is 0.410 e. The maximum Gasteiger partial charge on any atom is 0.410 e. The Labute approximate surface area is 110 Å². The minimum atomic E-state index is -1.06. The Kier molecular flexibility index (Phi) is 3.21. The molecule has 0 unspecified atom stereocenters. The van der Waals surface area contributed by atoms with Gasteiger partial charge in [-0.05, 0) is 26.8 Å². The number of hydrogen-bond donors (Lipinski definition) is 2. The molecular weight excluding hydrogens is 250 g/mol. The van der Waals surface area contributed by atoms with Gasteiger partial charge in [0.25, 0.3) is 0 Å². The lowest BCUT2D eigenvalue weighted by Crippen LogP contribution is -2.50.